The Labute approximate surface area is 340 Å². The third-order valence-corrected chi connectivity index (χ3v) is 8.89. The lowest BCUT2D eigenvalue weighted by molar-refractivity contribution is 1.60. The Morgan fingerprint density at radius 1 is 0.231 bits per heavy atom. The first-order valence-corrected chi connectivity index (χ1v) is 15.9. The summed E-state index contributed by atoms with van der Waals surface area (Å²) in [6, 6.07) is -7.83. The molecule has 0 aliphatic rings. The zero-order chi connectivity index (χ0) is 57.1. The SMILES string of the molecule is [2H]c1c([2H])c([2H])c(-c2c3c([2H])c([2H])c([2H])c([2H])c3c(-c3cccc(-c4cccc(-c5c6c([2H])c([2H])c([2H])c([2H])c6c(-c6c([2H])c([2H])c([2H])c([2H])c6[2H])c6c([2H])c([2H])c([2H])c([2H])c56)c4)c3)c3c([2H])c([2H])c([2H])c([2H])c23)c([2H])c1[2H]. The fraction of sp³-hybridized carbons (Fsp3) is 0. The minimum Gasteiger partial charge on any atom is -0.0622 e. The molecule has 0 N–H and O–H groups in total. The molecular formula is C52H34. The molecule has 0 aliphatic carbocycles. The molecule has 0 nitrogen and oxygen atoms in total. The van der Waals surface area contributed by atoms with Crippen LogP contribution in [0.2, 0.25) is 0 Å². The molecule has 0 heterocycles. The Kier molecular flexibility index (Phi) is 3.31. The Morgan fingerprint density at radius 2 is 0.462 bits per heavy atom. The standard InChI is InChI=1S/C52H34/c1-3-17-35(18-4-1)49-41-25-7-11-29-45(41)51(46-30-12-8-26-42(46)49)39-23-15-21-37(33-39)38-22-16-24-40(34-38)52-47-31-13-9-27-43(47)50(36-19-5-2-6-20-36)44-28-10-14-32-48(44)52/h1-34H/i1D,2D,3D,4D,5D,6D,7D,8D,9D,10D,11D,12D,13D,14D,17D,18D,19D,20D,25D,26D,27D,28D,29D,30D,31D,32D. The van der Waals surface area contributed by atoms with Crippen LogP contribution in [0, 0.1) is 0 Å². The van der Waals surface area contributed by atoms with E-state index < -0.39 is 201 Å². The van der Waals surface area contributed by atoms with Crippen LogP contribution in [0.3, 0.4) is 0 Å². The first-order chi connectivity index (χ1) is 36.6. The van der Waals surface area contributed by atoms with E-state index in [1.807, 2.05) is 0 Å². The average Bonchev–Trinajstić information content (AvgIpc) is 3.09. The molecule has 0 bridgehead atoms. The molecule has 0 amide bonds. The quantitative estimate of drug-likeness (QED) is 0.158. The van der Waals surface area contributed by atoms with E-state index in [1.165, 1.54) is 36.4 Å². The first kappa shape index (κ1) is 13.8. The van der Waals surface area contributed by atoms with Crippen LogP contribution in [-0.4, -0.2) is 0 Å². The van der Waals surface area contributed by atoms with E-state index in [9.17, 15) is 11.0 Å². The molecule has 0 radical (unpaired) electrons. The molecule has 0 saturated heterocycles. The van der Waals surface area contributed by atoms with Crippen molar-refractivity contribution in [1.82, 2.24) is 0 Å². The van der Waals surface area contributed by atoms with Gasteiger partial charge < -0.3 is 0 Å². The van der Waals surface area contributed by atoms with Crippen molar-refractivity contribution in [3.8, 4) is 55.6 Å². The summed E-state index contributed by atoms with van der Waals surface area (Å²) in [4.78, 5) is 0. The number of hydrogen-bond acceptors (Lipinski definition) is 0. The molecule has 0 aliphatic heterocycles. The van der Waals surface area contributed by atoms with E-state index in [0.29, 0.717) is 11.1 Å². The van der Waals surface area contributed by atoms with Crippen molar-refractivity contribution in [3.05, 3.63) is 206 Å². The van der Waals surface area contributed by atoms with E-state index in [4.69, 9.17) is 24.7 Å². The molecule has 0 heteroatoms. The van der Waals surface area contributed by atoms with Gasteiger partial charge in [-0.15, -0.1) is 0 Å². The highest BCUT2D eigenvalue weighted by atomic mass is 14.2. The van der Waals surface area contributed by atoms with E-state index in [0.717, 1.165) is 0 Å². The van der Waals surface area contributed by atoms with Crippen molar-refractivity contribution in [2.24, 2.45) is 0 Å². The van der Waals surface area contributed by atoms with E-state index in [1.54, 1.807) is 12.1 Å². The van der Waals surface area contributed by atoms with Gasteiger partial charge in [-0.25, -0.2) is 0 Å². The van der Waals surface area contributed by atoms with Crippen molar-refractivity contribution in [1.29, 1.82) is 0 Å². The van der Waals surface area contributed by atoms with Crippen LogP contribution in [0.1, 0.15) is 35.6 Å². The van der Waals surface area contributed by atoms with Gasteiger partial charge >= 0.3 is 0 Å². The van der Waals surface area contributed by atoms with Crippen LogP contribution >= 0.6 is 0 Å². The minimum atomic E-state index is -0.820. The third kappa shape index (κ3) is 4.92. The van der Waals surface area contributed by atoms with Crippen LogP contribution in [0.4, 0.5) is 0 Å². The Morgan fingerprint density at radius 3 is 0.750 bits per heavy atom. The van der Waals surface area contributed by atoms with Crippen molar-refractivity contribution in [2.45, 2.75) is 0 Å². The molecule has 0 saturated carbocycles. The Bertz CT molecular complexity index is 3950. The summed E-state index contributed by atoms with van der Waals surface area (Å²) in [6.45, 7) is 0. The smallest absolute Gasteiger partial charge is 0.0622 e. The summed E-state index contributed by atoms with van der Waals surface area (Å²) in [5.41, 5.74) is -1.59. The van der Waals surface area contributed by atoms with Crippen molar-refractivity contribution < 1.29 is 35.6 Å². The van der Waals surface area contributed by atoms with Crippen LogP contribution in [-0.2, 0) is 0 Å². The van der Waals surface area contributed by atoms with Crippen LogP contribution in [0.15, 0.2) is 206 Å². The van der Waals surface area contributed by atoms with Crippen molar-refractivity contribution in [3.63, 3.8) is 0 Å². The van der Waals surface area contributed by atoms with Crippen LogP contribution < -0.4 is 0 Å². The maximum Gasteiger partial charge on any atom is 0.0629 e. The van der Waals surface area contributed by atoms with E-state index >= 15 is 0 Å². The minimum absolute atomic E-state index is 0.0951. The lowest BCUT2D eigenvalue weighted by atomic mass is 9.84. The lowest BCUT2D eigenvalue weighted by Crippen LogP contribution is -1.92. The lowest BCUT2D eigenvalue weighted by Gasteiger charge is -2.19. The molecule has 10 aromatic carbocycles. The Hall–Kier alpha value is -6.76. The first-order valence-electron chi connectivity index (χ1n) is 28.9. The molecule has 242 valence electrons. The van der Waals surface area contributed by atoms with Gasteiger partial charge in [-0.2, -0.15) is 0 Å². The van der Waals surface area contributed by atoms with Gasteiger partial charge in [0.25, 0.3) is 0 Å². The van der Waals surface area contributed by atoms with Crippen LogP contribution in [0.25, 0.3) is 98.7 Å². The fourth-order valence-corrected chi connectivity index (χ4v) is 6.79. The summed E-state index contributed by atoms with van der Waals surface area (Å²) in [5.74, 6) is 0. The molecular weight excluding hydrogens is 625 g/mol. The normalized spacial score (nSPS) is 18.5. The van der Waals surface area contributed by atoms with Crippen molar-refractivity contribution in [2.75, 3.05) is 0 Å². The maximum atomic E-state index is 9.38. The average molecular weight is 685 g/mol. The zero-order valence-corrected chi connectivity index (χ0v) is 26.6. The highest BCUT2D eigenvalue weighted by molar-refractivity contribution is 6.23. The van der Waals surface area contributed by atoms with Gasteiger partial charge in [0.05, 0.1) is 35.6 Å². The van der Waals surface area contributed by atoms with Gasteiger partial charge in [0, 0.05) is 0 Å². The van der Waals surface area contributed by atoms with E-state index in [2.05, 4.69) is 0 Å². The van der Waals surface area contributed by atoms with Gasteiger partial charge in [0.1, 0.15) is 0 Å². The van der Waals surface area contributed by atoms with Crippen molar-refractivity contribution >= 4 is 43.1 Å². The molecule has 0 fully saturated rings. The highest BCUT2D eigenvalue weighted by Gasteiger charge is 2.19. The summed E-state index contributed by atoms with van der Waals surface area (Å²) < 4.78 is 232. The molecule has 0 atom stereocenters. The highest BCUT2D eigenvalue weighted by Crippen LogP contribution is 2.46. The summed E-state index contributed by atoms with van der Waals surface area (Å²) in [6.07, 6.45) is 0. The molecule has 52 heavy (non-hydrogen) atoms. The molecule has 0 spiro atoms. The fourth-order valence-electron chi connectivity index (χ4n) is 6.79. The summed E-state index contributed by atoms with van der Waals surface area (Å²) in [5, 5.41) is -2.98. The predicted octanol–water partition coefficient (Wildman–Crippen LogP) is 14.6. The second kappa shape index (κ2) is 12.5. The molecule has 0 unspecified atom stereocenters. The number of hydrogen-bond donors (Lipinski definition) is 0. The van der Waals surface area contributed by atoms with Gasteiger partial charge in [0.2, 0.25) is 0 Å². The summed E-state index contributed by atoms with van der Waals surface area (Å²) in [7, 11) is 0. The Balaban J connectivity index is 1.35. The molecule has 0 aromatic heterocycles. The molecule has 10 aromatic rings. The second-order valence-corrected chi connectivity index (χ2v) is 11.7. The van der Waals surface area contributed by atoms with Gasteiger partial charge in [-0.3, -0.25) is 0 Å². The zero-order valence-electron chi connectivity index (χ0n) is 52.6. The second-order valence-electron chi connectivity index (χ2n) is 11.7. The monoisotopic (exact) mass is 684 g/mol. The summed E-state index contributed by atoms with van der Waals surface area (Å²) >= 11 is 0. The number of fused-ring (bicyclic) bond motifs is 4. The van der Waals surface area contributed by atoms with Crippen LogP contribution in [0.5, 0.6) is 0 Å². The largest absolute Gasteiger partial charge is 0.0629 e. The molecule has 10 rings (SSSR count). The van der Waals surface area contributed by atoms with E-state index in [-0.39, 0.29) is 43.8 Å². The number of rotatable bonds is 5. The van der Waals surface area contributed by atoms with Gasteiger partial charge in [-0.05, 0) is 111 Å². The van der Waals surface area contributed by atoms with Gasteiger partial charge in [0.15, 0.2) is 0 Å². The number of benzene rings is 10. The maximum absolute atomic E-state index is 9.38. The topological polar surface area (TPSA) is 0 Å². The predicted molar refractivity (Wildman–Crippen MR) is 224 cm³/mol. The van der Waals surface area contributed by atoms with Gasteiger partial charge in [-0.1, -0.05) is 194 Å². The third-order valence-electron chi connectivity index (χ3n) is 8.89.